The molecule has 0 bridgehead atoms. The summed E-state index contributed by atoms with van der Waals surface area (Å²) in [5.74, 6) is 0.680. The van der Waals surface area contributed by atoms with Crippen LogP contribution in [0.1, 0.15) is 11.5 Å². The molecule has 0 aliphatic rings. The van der Waals surface area contributed by atoms with Gasteiger partial charge in [0.05, 0.1) is 6.54 Å². The Kier molecular flexibility index (Phi) is 4.10. The van der Waals surface area contributed by atoms with Gasteiger partial charge in [0.15, 0.2) is 0 Å². The number of hydrogen-bond acceptors (Lipinski definition) is 5. The van der Waals surface area contributed by atoms with Crippen LogP contribution in [-0.2, 0) is 13.2 Å². The summed E-state index contributed by atoms with van der Waals surface area (Å²) in [6.07, 6.45) is 3.72. The maximum absolute atomic E-state index is 9.12. The van der Waals surface area contributed by atoms with Crippen molar-refractivity contribution in [1.82, 2.24) is 19.9 Å². The van der Waals surface area contributed by atoms with Crippen LogP contribution < -0.4 is 0 Å². The lowest BCUT2D eigenvalue weighted by Gasteiger charge is -2.08. The molecular formula is C19H16N4O2. The highest BCUT2D eigenvalue weighted by Gasteiger charge is 2.13. The molecule has 0 aliphatic carbocycles. The molecule has 0 aliphatic heterocycles. The first-order chi connectivity index (χ1) is 12.3. The second kappa shape index (κ2) is 6.70. The van der Waals surface area contributed by atoms with Crippen LogP contribution in [0.3, 0.4) is 0 Å². The van der Waals surface area contributed by atoms with Gasteiger partial charge in [-0.05, 0) is 22.8 Å². The molecule has 4 rings (SSSR count). The summed E-state index contributed by atoms with van der Waals surface area (Å²) >= 11 is 0. The lowest BCUT2D eigenvalue weighted by molar-refractivity contribution is 0.222. The number of aliphatic hydroxyl groups excluding tert-OH is 1. The number of aliphatic hydroxyl groups is 1. The molecule has 0 fully saturated rings. The quantitative estimate of drug-likeness (QED) is 0.607. The van der Waals surface area contributed by atoms with Crippen molar-refractivity contribution in [3.05, 3.63) is 78.4 Å². The first-order valence-corrected chi connectivity index (χ1v) is 7.93. The van der Waals surface area contributed by atoms with Gasteiger partial charge in [0.25, 0.3) is 5.89 Å². The van der Waals surface area contributed by atoms with Crippen LogP contribution in [0.25, 0.3) is 22.5 Å². The summed E-state index contributed by atoms with van der Waals surface area (Å²) in [6, 6.07) is 18.1. The monoisotopic (exact) mass is 332 g/mol. The van der Waals surface area contributed by atoms with E-state index in [0.717, 1.165) is 23.2 Å². The van der Waals surface area contributed by atoms with Gasteiger partial charge in [0, 0.05) is 18.0 Å². The van der Waals surface area contributed by atoms with Crippen LogP contribution >= 0.6 is 0 Å². The molecule has 0 atom stereocenters. The fourth-order valence-corrected chi connectivity index (χ4v) is 2.73. The Labute approximate surface area is 144 Å². The molecule has 2 aromatic heterocycles. The highest BCUT2D eigenvalue weighted by Crippen LogP contribution is 2.30. The molecular weight excluding hydrogens is 316 g/mol. The lowest BCUT2D eigenvalue weighted by Crippen LogP contribution is -1.99. The van der Waals surface area contributed by atoms with E-state index in [0.29, 0.717) is 5.82 Å². The summed E-state index contributed by atoms with van der Waals surface area (Å²) < 4.78 is 6.90. The van der Waals surface area contributed by atoms with E-state index in [4.69, 9.17) is 9.63 Å². The Hall–Kier alpha value is -3.25. The molecule has 0 spiro atoms. The summed E-state index contributed by atoms with van der Waals surface area (Å²) in [7, 11) is 0. The summed E-state index contributed by atoms with van der Waals surface area (Å²) in [5.41, 5.74) is 4.12. The summed E-state index contributed by atoms with van der Waals surface area (Å²) in [5, 5.41) is 17.3. The Bertz CT molecular complexity index is 959. The summed E-state index contributed by atoms with van der Waals surface area (Å²) in [4.78, 5) is 4.21. The van der Waals surface area contributed by atoms with Crippen LogP contribution in [-0.4, -0.2) is 25.0 Å². The fourth-order valence-electron chi connectivity index (χ4n) is 2.73. The number of hydrogen-bond donors (Lipinski definition) is 1. The molecule has 0 saturated carbocycles. The van der Waals surface area contributed by atoms with E-state index in [1.165, 1.54) is 5.56 Å². The average molecular weight is 332 g/mol. The van der Waals surface area contributed by atoms with Gasteiger partial charge in [0.2, 0.25) is 5.82 Å². The highest BCUT2D eigenvalue weighted by atomic mass is 16.5. The third kappa shape index (κ3) is 3.20. The van der Waals surface area contributed by atoms with Gasteiger partial charge < -0.3 is 9.63 Å². The minimum absolute atomic E-state index is 0.208. The van der Waals surface area contributed by atoms with Crippen LogP contribution in [0.2, 0.25) is 0 Å². The molecule has 0 saturated heterocycles. The molecule has 6 nitrogen and oxygen atoms in total. The zero-order chi connectivity index (χ0) is 17.1. The van der Waals surface area contributed by atoms with E-state index in [9.17, 15) is 0 Å². The van der Waals surface area contributed by atoms with Crippen molar-refractivity contribution < 1.29 is 9.63 Å². The maximum Gasteiger partial charge on any atom is 0.252 e. The zero-order valence-corrected chi connectivity index (χ0v) is 13.4. The van der Waals surface area contributed by atoms with E-state index in [1.54, 1.807) is 6.20 Å². The molecule has 1 N–H and O–H groups in total. The Balaban J connectivity index is 1.65. The average Bonchev–Trinajstić information content (AvgIpc) is 3.34. The smallest absolute Gasteiger partial charge is 0.252 e. The lowest BCUT2D eigenvalue weighted by atomic mass is 9.98. The highest BCUT2D eigenvalue weighted by molar-refractivity contribution is 5.80. The molecule has 4 aromatic rings. The molecule has 0 radical (unpaired) electrons. The SMILES string of the molecule is OCc1nc(-c2ccccc2-c2ccc(Cn3cccn3)cc2)no1. The van der Waals surface area contributed by atoms with Gasteiger partial charge in [-0.15, -0.1) is 0 Å². The number of rotatable bonds is 5. The van der Waals surface area contributed by atoms with Gasteiger partial charge >= 0.3 is 0 Å². The fraction of sp³-hybridized carbons (Fsp3) is 0.105. The maximum atomic E-state index is 9.12. The van der Waals surface area contributed by atoms with Crippen molar-refractivity contribution in [1.29, 1.82) is 0 Å². The zero-order valence-electron chi connectivity index (χ0n) is 13.4. The third-order valence-electron chi connectivity index (χ3n) is 3.94. The largest absolute Gasteiger partial charge is 0.387 e. The second-order valence-corrected chi connectivity index (χ2v) is 5.62. The minimum atomic E-state index is -0.267. The summed E-state index contributed by atoms with van der Waals surface area (Å²) in [6.45, 7) is 0.469. The Morgan fingerprint density at radius 2 is 1.76 bits per heavy atom. The van der Waals surface area contributed by atoms with E-state index in [1.807, 2.05) is 41.2 Å². The topological polar surface area (TPSA) is 77.0 Å². The molecule has 0 unspecified atom stereocenters. The van der Waals surface area contributed by atoms with Crippen molar-refractivity contribution in [3.8, 4) is 22.5 Å². The molecule has 25 heavy (non-hydrogen) atoms. The van der Waals surface area contributed by atoms with Gasteiger partial charge in [-0.2, -0.15) is 10.1 Å². The number of nitrogens with zero attached hydrogens (tertiary/aromatic N) is 4. The molecule has 6 heteroatoms. The normalized spacial score (nSPS) is 10.9. The van der Waals surface area contributed by atoms with E-state index in [-0.39, 0.29) is 12.5 Å². The van der Waals surface area contributed by atoms with E-state index in [2.05, 4.69) is 39.5 Å². The molecule has 2 heterocycles. The molecule has 2 aromatic carbocycles. The standard InChI is InChI=1S/C19H16N4O2/c24-13-18-21-19(22-25-18)17-5-2-1-4-16(17)15-8-6-14(7-9-15)12-23-11-3-10-20-23/h1-11,24H,12-13H2. The van der Waals surface area contributed by atoms with Gasteiger partial charge in [-0.1, -0.05) is 53.7 Å². The van der Waals surface area contributed by atoms with Gasteiger partial charge in [0.1, 0.15) is 6.61 Å². The van der Waals surface area contributed by atoms with E-state index < -0.39 is 0 Å². The number of aromatic nitrogens is 4. The first-order valence-electron chi connectivity index (χ1n) is 7.93. The minimum Gasteiger partial charge on any atom is -0.387 e. The van der Waals surface area contributed by atoms with E-state index >= 15 is 0 Å². The van der Waals surface area contributed by atoms with Crippen molar-refractivity contribution in [2.75, 3.05) is 0 Å². The molecule has 124 valence electrons. The van der Waals surface area contributed by atoms with Crippen LogP contribution in [0.5, 0.6) is 0 Å². The van der Waals surface area contributed by atoms with Crippen molar-refractivity contribution in [2.45, 2.75) is 13.2 Å². The first kappa shape index (κ1) is 15.3. The Morgan fingerprint density at radius 1 is 0.960 bits per heavy atom. The van der Waals surface area contributed by atoms with Gasteiger partial charge in [-0.25, -0.2) is 0 Å². The predicted octanol–water partition coefficient (Wildman–Crippen LogP) is 3.14. The predicted molar refractivity (Wildman–Crippen MR) is 92.4 cm³/mol. The number of benzene rings is 2. The van der Waals surface area contributed by atoms with Crippen LogP contribution in [0.4, 0.5) is 0 Å². The van der Waals surface area contributed by atoms with Gasteiger partial charge in [-0.3, -0.25) is 4.68 Å². The van der Waals surface area contributed by atoms with Crippen LogP contribution in [0.15, 0.2) is 71.5 Å². The van der Waals surface area contributed by atoms with Crippen LogP contribution in [0, 0.1) is 0 Å². The molecule has 0 amide bonds. The third-order valence-corrected chi connectivity index (χ3v) is 3.94. The van der Waals surface area contributed by atoms with Crippen molar-refractivity contribution in [2.24, 2.45) is 0 Å². The Morgan fingerprint density at radius 3 is 2.44 bits per heavy atom. The second-order valence-electron chi connectivity index (χ2n) is 5.62. The van der Waals surface area contributed by atoms with Crippen molar-refractivity contribution in [3.63, 3.8) is 0 Å². The van der Waals surface area contributed by atoms with Crippen molar-refractivity contribution >= 4 is 0 Å².